The first-order chi connectivity index (χ1) is 6.09. The third-order valence-electron chi connectivity index (χ3n) is 2.44. The number of piperidine rings is 1. The summed E-state index contributed by atoms with van der Waals surface area (Å²) in [5.41, 5.74) is 0. The van der Waals surface area contributed by atoms with Gasteiger partial charge < -0.3 is 10.2 Å². The van der Waals surface area contributed by atoms with Crippen molar-refractivity contribution in [2.24, 2.45) is 0 Å². The molecular weight excluding hydrogens is 184 g/mol. The lowest BCUT2D eigenvalue weighted by Crippen LogP contribution is -2.45. The minimum atomic E-state index is -0.195. The highest BCUT2D eigenvalue weighted by Gasteiger charge is 2.19. The number of amides is 1. The first-order valence-corrected chi connectivity index (χ1v) is 5.28. The molecule has 1 saturated heterocycles. The Kier molecular flexibility index (Phi) is 4.06. The third-order valence-corrected chi connectivity index (χ3v) is 2.68. The highest BCUT2D eigenvalue weighted by molar-refractivity contribution is 7.81. The van der Waals surface area contributed by atoms with Crippen LogP contribution in [0.5, 0.6) is 0 Å². The molecule has 13 heavy (non-hydrogen) atoms. The van der Waals surface area contributed by atoms with Crippen LogP contribution in [0.1, 0.15) is 19.8 Å². The number of nitrogens with zero attached hydrogens (tertiary/aromatic N) is 1. The fraction of sp³-hybridized carbons (Fsp3) is 0.889. The first kappa shape index (κ1) is 10.9. The van der Waals surface area contributed by atoms with Crippen molar-refractivity contribution in [2.75, 3.05) is 20.1 Å². The molecule has 1 unspecified atom stereocenters. The molecule has 1 atom stereocenters. The van der Waals surface area contributed by atoms with Crippen molar-refractivity contribution in [3.63, 3.8) is 0 Å². The van der Waals surface area contributed by atoms with Gasteiger partial charge in [0.15, 0.2) is 0 Å². The summed E-state index contributed by atoms with van der Waals surface area (Å²) in [7, 11) is 2.11. The van der Waals surface area contributed by atoms with E-state index in [0.717, 1.165) is 25.9 Å². The molecule has 4 heteroatoms. The van der Waals surface area contributed by atoms with E-state index in [9.17, 15) is 4.79 Å². The summed E-state index contributed by atoms with van der Waals surface area (Å²) in [6.07, 6.45) is 2.12. The molecule has 3 nitrogen and oxygen atoms in total. The van der Waals surface area contributed by atoms with Gasteiger partial charge in [-0.2, -0.15) is 12.6 Å². The van der Waals surface area contributed by atoms with Gasteiger partial charge in [0, 0.05) is 6.04 Å². The highest BCUT2D eigenvalue weighted by Crippen LogP contribution is 2.08. The summed E-state index contributed by atoms with van der Waals surface area (Å²) in [6, 6.07) is 0.360. The Labute approximate surface area is 85.3 Å². The van der Waals surface area contributed by atoms with Gasteiger partial charge in [0.05, 0.1) is 5.25 Å². The van der Waals surface area contributed by atoms with E-state index in [-0.39, 0.29) is 11.2 Å². The molecule has 0 aromatic carbocycles. The largest absolute Gasteiger partial charge is 0.352 e. The van der Waals surface area contributed by atoms with Gasteiger partial charge in [0.2, 0.25) is 5.91 Å². The third kappa shape index (κ3) is 3.56. The SMILES string of the molecule is CC(S)C(=O)NC1CCN(C)CC1. The lowest BCUT2D eigenvalue weighted by Gasteiger charge is -2.29. The second-order valence-electron chi connectivity index (χ2n) is 3.76. The molecule has 1 heterocycles. The molecule has 1 aliphatic heterocycles. The molecule has 0 bridgehead atoms. The predicted octanol–water partition coefficient (Wildman–Crippen LogP) is 0.515. The zero-order valence-electron chi connectivity index (χ0n) is 8.29. The summed E-state index contributed by atoms with van der Waals surface area (Å²) < 4.78 is 0. The van der Waals surface area contributed by atoms with Crippen molar-refractivity contribution in [3.8, 4) is 0 Å². The topological polar surface area (TPSA) is 32.3 Å². The lowest BCUT2D eigenvalue weighted by molar-refractivity contribution is -0.121. The van der Waals surface area contributed by atoms with E-state index in [1.54, 1.807) is 6.92 Å². The van der Waals surface area contributed by atoms with Crippen molar-refractivity contribution in [3.05, 3.63) is 0 Å². The fourth-order valence-electron chi connectivity index (χ4n) is 1.47. The van der Waals surface area contributed by atoms with Crippen LogP contribution in [0.25, 0.3) is 0 Å². The second kappa shape index (κ2) is 4.86. The summed E-state index contributed by atoms with van der Waals surface area (Å²) in [4.78, 5) is 13.6. The van der Waals surface area contributed by atoms with Crippen LogP contribution < -0.4 is 5.32 Å². The Bertz CT molecular complexity index is 176. The summed E-state index contributed by atoms with van der Waals surface area (Å²) in [6.45, 7) is 3.95. The van der Waals surface area contributed by atoms with Gasteiger partial charge in [-0.15, -0.1) is 0 Å². The van der Waals surface area contributed by atoms with E-state index < -0.39 is 0 Å². The maximum Gasteiger partial charge on any atom is 0.232 e. The smallest absolute Gasteiger partial charge is 0.232 e. The van der Waals surface area contributed by atoms with Gasteiger partial charge in [-0.25, -0.2) is 0 Å². The minimum Gasteiger partial charge on any atom is -0.352 e. The van der Waals surface area contributed by atoms with Crippen LogP contribution in [-0.4, -0.2) is 42.2 Å². The van der Waals surface area contributed by atoms with E-state index in [0.29, 0.717) is 6.04 Å². The Hall–Kier alpha value is -0.220. The molecule has 1 N–H and O–H groups in total. The monoisotopic (exact) mass is 202 g/mol. The maximum absolute atomic E-state index is 11.3. The van der Waals surface area contributed by atoms with Gasteiger partial charge in [0.25, 0.3) is 0 Å². The highest BCUT2D eigenvalue weighted by atomic mass is 32.1. The van der Waals surface area contributed by atoms with Crippen LogP contribution in [0.4, 0.5) is 0 Å². The van der Waals surface area contributed by atoms with Gasteiger partial charge in [-0.05, 0) is 39.9 Å². The molecular formula is C9H18N2OS. The number of carbonyl (C=O) groups is 1. The van der Waals surface area contributed by atoms with Crippen LogP contribution >= 0.6 is 12.6 Å². The Balaban J connectivity index is 2.26. The molecule has 0 saturated carbocycles. The Morgan fingerprint density at radius 2 is 2.08 bits per heavy atom. The molecule has 1 aliphatic rings. The van der Waals surface area contributed by atoms with E-state index in [4.69, 9.17) is 0 Å². The molecule has 1 rings (SSSR count). The minimum absolute atomic E-state index is 0.0536. The number of nitrogens with one attached hydrogen (secondary N) is 1. The molecule has 76 valence electrons. The van der Waals surface area contributed by atoms with Crippen molar-refractivity contribution in [1.29, 1.82) is 0 Å². The van der Waals surface area contributed by atoms with Crippen molar-refractivity contribution < 1.29 is 4.79 Å². The Morgan fingerprint density at radius 3 is 2.54 bits per heavy atom. The van der Waals surface area contributed by atoms with Crippen LogP contribution in [0, 0.1) is 0 Å². The fourth-order valence-corrected chi connectivity index (χ4v) is 1.55. The maximum atomic E-state index is 11.3. The van der Waals surface area contributed by atoms with Crippen molar-refractivity contribution >= 4 is 18.5 Å². The standard InChI is InChI=1S/C9H18N2OS/c1-7(13)9(12)10-8-3-5-11(2)6-4-8/h7-8,13H,3-6H2,1-2H3,(H,10,12). The molecule has 1 fully saturated rings. The van der Waals surface area contributed by atoms with E-state index >= 15 is 0 Å². The normalized spacial score (nSPS) is 22.7. The molecule has 0 radical (unpaired) electrons. The number of thiol groups is 1. The lowest BCUT2D eigenvalue weighted by atomic mass is 10.1. The molecule has 0 aromatic rings. The first-order valence-electron chi connectivity index (χ1n) is 4.76. The van der Waals surface area contributed by atoms with E-state index in [1.807, 2.05) is 0 Å². The number of likely N-dealkylation sites (tertiary alicyclic amines) is 1. The zero-order chi connectivity index (χ0) is 9.84. The average molecular weight is 202 g/mol. The van der Waals surface area contributed by atoms with Gasteiger partial charge in [-0.1, -0.05) is 0 Å². The number of hydrogen-bond acceptors (Lipinski definition) is 3. The molecule has 0 spiro atoms. The summed E-state index contributed by atoms with van der Waals surface area (Å²) in [5.74, 6) is 0.0536. The summed E-state index contributed by atoms with van der Waals surface area (Å²) >= 11 is 4.09. The van der Waals surface area contributed by atoms with Gasteiger partial charge >= 0.3 is 0 Å². The number of rotatable bonds is 2. The van der Waals surface area contributed by atoms with Crippen molar-refractivity contribution in [2.45, 2.75) is 31.1 Å². The van der Waals surface area contributed by atoms with Crippen molar-refractivity contribution in [1.82, 2.24) is 10.2 Å². The van der Waals surface area contributed by atoms with Gasteiger partial charge in [-0.3, -0.25) is 4.79 Å². The molecule has 1 amide bonds. The van der Waals surface area contributed by atoms with Crippen LogP contribution in [0.15, 0.2) is 0 Å². The van der Waals surface area contributed by atoms with Crippen LogP contribution in [0.3, 0.4) is 0 Å². The molecule has 0 aromatic heterocycles. The number of carbonyl (C=O) groups excluding carboxylic acids is 1. The van der Waals surface area contributed by atoms with Gasteiger partial charge in [0.1, 0.15) is 0 Å². The zero-order valence-corrected chi connectivity index (χ0v) is 9.18. The van der Waals surface area contributed by atoms with Crippen LogP contribution in [0.2, 0.25) is 0 Å². The molecule has 0 aliphatic carbocycles. The van der Waals surface area contributed by atoms with E-state index in [2.05, 4.69) is 29.9 Å². The average Bonchev–Trinajstić information content (AvgIpc) is 2.08. The summed E-state index contributed by atoms with van der Waals surface area (Å²) in [5, 5.41) is 2.80. The predicted molar refractivity (Wildman–Crippen MR) is 57.1 cm³/mol. The number of hydrogen-bond donors (Lipinski definition) is 2. The second-order valence-corrected chi connectivity index (χ2v) is 4.54. The van der Waals surface area contributed by atoms with Crippen LogP contribution in [-0.2, 0) is 4.79 Å². The van der Waals surface area contributed by atoms with E-state index in [1.165, 1.54) is 0 Å². The quantitative estimate of drug-likeness (QED) is 0.640. The Morgan fingerprint density at radius 1 is 1.54 bits per heavy atom.